The van der Waals surface area contributed by atoms with Gasteiger partial charge in [0.05, 0.1) is 34.1 Å². The number of nitrogens with zero attached hydrogens (tertiary/aromatic N) is 4. The molecular weight excluding hydrogens is 544 g/mol. The molecule has 11 heteroatoms. The first-order valence-electron chi connectivity index (χ1n) is 13.3. The van der Waals surface area contributed by atoms with Gasteiger partial charge in [0.1, 0.15) is 36.9 Å². The van der Waals surface area contributed by atoms with Crippen LogP contribution in [0.3, 0.4) is 0 Å². The smallest absolute Gasteiger partial charge is 0.247 e. The zero-order valence-corrected chi connectivity index (χ0v) is 23.1. The van der Waals surface area contributed by atoms with E-state index in [0.717, 1.165) is 38.4 Å². The molecule has 2 aromatic heterocycles. The highest BCUT2D eigenvalue weighted by Gasteiger charge is 2.48. The van der Waals surface area contributed by atoms with Crippen molar-refractivity contribution in [2.45, 2.75) is 18.6 Å². The number of halogens is 1. The molecule has 210 valence electrons. The molecule has 0 aliphatic carbocycles. The summed E-state index contributed by atoms with van der Waals surface area (Å²) in [6.07, 6.45) is 5.53. The minimum absolute atomic E-state index is 0.0730. The minimum atomic E-state index is -0.347. The van der Waals surface area contributed by atoms with Gasteiger partial charge in [0.25, 0.3) is 0 Å². The van der Waals surface area contributed by atoms with Crippen molar-refractivity contribution in [3.05, 3.63) is 84.4 Å². The van der Waals surface area contributed by atoms with E-state index in [9.17, 15) is 4.79 Å². The predicted octanol–water partition coefficient (Wildman–Crippen LogP) is 4.98. The summed E-state index contributed by atoms with van der Waals surface area (Å²) in [6.45, 7) is 7.80. The third-order valence-corrected chi connectivity index (χ3v) is 7.43. The zero-order valence-electron chi connectivity index (χ0n) is 22.3. The van der Waals surface area contributed by atoms with Gasteiger partial charge in [-0.15, -0.1) is 0 Å². The van der Waals surface area contributed by atoms with Crippen molar-refractivity contribution in [1.29, 1.82) is 0 Å². The van der Waals surface area contributed by atoms with Gasteiger partial charge in [-0.3, -0.25) is 14.7 Å². The number of fused-ring (bicyclic) bond motifs is 1. The number of benzene rings is 2. The van der Waals surface area contributed by atoms with E-state index in [1.54, 1.807) is 30.5 Å². The summed E-state index contributed by atoms with van der Waals surface area (Å²) in [5.41, 5.74) is 2.74. The second kappa shape index (κ2) is 11.7. The molecule has 2 aromatic carbocycles. The number of amides is 1. The van der Waals surface area contributed by atoms with Gasteiger partial charge in [0.2, 0.25) is 5.91 Å². The number of carbonyl (C=O) groups is 1. The van der Waals surface area contributed by atoms with E-state index < -0.39 is 0 Å². The second-order valence-corrected chi connectivity index (χ2v) is 10.4. The Morgan fingerprint density at radius 2 is 2.00 bits per heavy atom. The number of hydrogen-bond acceptors (Lipinski definition) is 9. The molecule has 2 saturated heterocycles. The van der Waals surface area contributed by atoms with Crippen LogP contribution in [-0.4, -0.2) is 64.2 Å². The quantitative estimate of drug-likeness (QED) is 0.240. The number of ether oxygens (including phenoxy) is 3. The van der Waals surface area contributed by atoms with Crippen LogP contribution < -0.4 is 20.1 Å². The van der Waals surface area contributed by atoms with Crippen LogP contribution >= 0.6 is 11.6 Å². The van der Waals surface area contributed by atoms with Crippen LogP contribution in [0.25, 0.3) is 10.9 Å². The Morgan fingerprint density at radius 1 is 1.12 bits per heavy atom. The van der Waals surface area contributed by atoms with Crippen molar-refractivity contribution in [3.8, 4) is 11.5 Å². The third kappa shape index (κ3) is 6.09. The monoisotopic (exact) mass is 572 g/mol. The summed E-state index contributed by atoms with van der Waals surface area (Å²) < 4.78 is 17.6. The highest BCUT2D eigenvalue weighted by atomic mass is 35.5. The van der Waals surface area contributed by atoms with Crippen LogP contribution in [0.5, 0.6) is 11.5 Å². The van der Waals surface area contributed by atoms with Crippen molar-refractivity contribution in [3.63, 3.8) is 0 Å². The Labute approximate surface area is 242 Å². The lowest BCUT2D eigenvalue weighted by Crippen LogP contribution is -2.68. The Morgan fingerprint density at radius 3 is 2.73 bits per heavy atom. The van der Waals surface area contributed by atoms with Crippen molar-refractivity contribution >= 4 is 45.6 Å². The fourth-order valence-electron chi connectivity index (χ4n) is 4.90. The molecule has 2 aliphatic heterocycles. The molecular formula is C30H29ClN6O4. The van der Waals surface area contributed by atoms with Crippen LogP contribution in [0.2, 0.25) is 5.02 Å². The number of hydrogen-bond donors (Lipinski definition) is 2. The number of nitrogens with one attached hydrogen (secondary N) is 2. The van der Waals surface area contributed by atoms with Crippen molar-refractivity contribution in [2.24, 2.45) is 0 Å². The van der Waals surface area contributed by atoms with Gasteiger partial charge in [0, 0.05) is 49.4 Å². The molecule has 10 nitrogen and oxygen atoms in total. The number of rotatable bonds is 11. The number of anilines is 3. The molecule has 2 aliphatic rings. The maximum Gasteiger partial charge on any atom is 0.247 e. The van der Waals surface area contributed by atoms with Crippen molar-refractivity contribution < 1.29 is 19.0 Å². The van der Waals surface area contributed by atoms with Gasteiger partial charge < -0.3 is 24.8 Å². The largest absolute Gasteiger partial charge is 0.490 e. The molecule has 2 fully saturated rings. The maximum absolute atomic E-state index is 12.2. The molecule has 0 radical (unpaired) electrons. The van der Waals surface area contributed by atoms with Gasteiger partial charge in [-0.05, 0) is 42.5 Å². The summed E-state index contributed by atoms with van der Waals surface area (Å²) in [6, 6.07) is 14.6. The van der Waals surface area contributed by atoms with E-state index in [-0.39, 0.29) is 11.5 Å². The summed E-state index contributed by atoms with van der Waals surface area (Å²) in [5, 5.41) is 7.28. The summed E-state index contributed by atoms with van der Waals surface area (Å²) >= 11 is 6.51. The minimum Gasteiger partial charge on any atom is -0.490 e. The second-order valence-electron chi connectivity index (χ2n) is 10.0. The summed E-state index contributed by atoms with van der Waals surface area (Å²) in [5.74, 6) is 1.26. The van der Waals surface area contributed by atoms with Gasteiger partial charge in [-0.1, -0.05) is 24.2 Å². The van der Waals surface area contributed by atoms with Crippen LogP contribution in [0.4, 0.5) is 17.2 Å². The molecule has 0 bridgehead atoms. The molecule has 1 spiro atoms. The third-order valence-electron chi connectivity index (χ3n) is 7.13. The molecule has 4 heterocycles. The van der Waals surface area contributed by atoms with E-state index >= 15 is 0 Å². The number of carbonyl (C=O) groups excluding carboxylic acids is 1. The average Bonchev–Trinajstić information content (AvgIpc) is 2.93. The van der Waals surface area contributed by atoms with Crippen molar-refractivity contribution in [2.75, 3.05) is 43.5 Å². The molecule has 4 aromatic rings. The fourth-order valence-corrected chi connectivity index (χ4v) is 5.14. The van der Waals surface area contributed by atoms with E-state index in [1.807, 2.05) is 24.3 Å². The average molecular weight is 573 g/mol. The van der Waals surface area contributed by atoms with Gasteiger partial charge in [-0.2, -0.15) is 0 Å². The van der Waals surface area contributed by atoms with Crippen LogP contribution in [0.15, 0.2) is 73.7 Å². The van der Waals surface area contributed by atoms with Gasteiger partial charge in [0.15, 0.2) is 0 Å². The lowest BCUT2D eigenvalue weighted by molar-refractivity contribution is -0.221. The fraction of sp³-hybridized carbons (Fsp3) is 0.267. The molecule has 0 atom stereocenters. The molecule has 1 amide bonds. The molecule has 6 rings (SSSR count). The predicted molar refractivity (Wildman–Crippen MR) is 157 cm³/mol. The Bertz CT molecular complexity index is 1570. The Hall–Kier alpha value is -4.25. The molecule has 0 unspecified atom stereocenters. The lowest BCUT2D eigenvalue weighted by Gasteiger charge is -2.55. The molecule has 41 heavy (non-hydrogen) atoms. The Balaban J connectivity index is 1.17. The van der Waals surface area contributed by atoms with Gasteiger partial charge >= 0.3 is 0 Å². The van der Waals surface area contributed by atoms with E-state index in [4.69, 9.17) is 25.8 Å². The van der Waals surface area contributed by atoms with Gasteiger partial charge in [-0.25, -0.2) is 9.97 Å². The van der Waals surface area contributed by atoms with E-state index in [0.29, 0.717) is 57.8 Å². The first-order valence-corrected chi connectivity index (χ1v) is 13.7. The van der Waals surface area contributed by atoms with Crippen molar-refractivity contribution in [1.82, 2.24) is 19.9 Å². The summed E-state index contributed by atoms with van der Waals surface area (Å²) in [4.78, 5) is 27.7. The highest BCUT2D eigenvalue weighted by Crippen LogP contribution is 2.37. The van der Waals surface area contributed by atoms with Crippen LogP contribution in [0.1, 0.15) is 12.1 Å². The SMILES string of the molecule is C=CC(=O)Nc1cc2c(Nc3ccc(OCc4ccccn4)c(Cl)c3)ncnc2cc1OCCN1CC2(CCO2)C1. The number of likely N-dealkylation sites (tertiary alicyclic amines) is 1. The topological polar surface area (TPSA) is 111 Å². The maximum atomic E-state index is 12.2. The van der Waals surface area contributed by atoms with E-state index in [2.05, 4.69) is 37.1 Å². The summed E-state index contributed by atoms with van der Waals surface area (Å²) in [7, 11) is 0. The van der Waals surface area contributed by atoms with Crippen LogP contribution in [0, 0.1) is 0 Å². The molecule has 0 saturated carbocycles. The normalized spacial score (nSPS) is 15.5. The molecule has 2 N–H and O–H groups in total. The first kappa shape index (κ1) is 26.9. The first-order chi connectivity index (χ1) is 20.0. The lowest BCUT2D eigenvalue weighted by atomic mass is 9.86. The standard InChI is InChI=1S/C30H29ClN6O4/c1-2-28(38)36-25-14-22-24(15-27(25)39-12-10-37-17-30(18-37)8-11-41-30)33-19-34-29(22)35-20-6-7-26(23(31)13-20)40-16-21-5-3-4-9-32-21/h2-7,9,13-15,19H,1,8,10-12,16-18H2,(H,36,38)(H,33,34,35). The van der Waals surface area contributed by atoms with E-state index in [1.165, 1.54) is 12.4 Å². The highest BCUT2D eigenvalue weighted by molar-refractivity contribution is 6.32. The van der Waals surface area contributed by atoms with Crippen LogP contribution in [-0.2, 0) is 16.1 Å². The Kier molecular flexibility index (Phi) is 7.69. The number of pyridine rings is 1. The zero-order chi connectivity index (χ0) is 28.2. The number of aromatic nitrogens is 3.